The fourth-order valence-corrected chi connectivity index (χ4v) is 3.95. The Labute approximate surface area is 186 Å². The Kier molecular flexibility index (Phi) is 5.83. The van der Waals surface area contributed by atoms with Crippen molar-refractivity contribution in [2.45, 2.75) is 9.99 Å². The lowest BCUT2D eigenvalue weighted by Gasteiger charge is -2.26. The number of rotatable bonds is 5. The molecule has 3 aromatic rings. The molecule has 1 aliphatic rings. The summed E-state index contributed by atoms with van der Waals surface area (Å²) < 4.78 is 10.8. The lowest BCUT2D eigenvalue weighted by molar-refractivity contribution is -0.122. The zero-order valence-electron chi connectivity index (χ0n) is 16.1. The van der Waals surface area contributed by atoms with Gasteiger partial charge in [0, 0.05) is 4.90 Å². The largest absolute Gasteiger partial charge is 0.495 e. The van der Waals surface area contributed by atoms with Crippen LogP contribution in [0.2, 0.25) is 5.02 Å². The first-order chi connectivity index (χ1) is 15.0. The fraction of sp³-hybridized carbons (Fsp3) is 0.0455. The monoisotopic (exact) mass is 454 g/mol. The third kappa shape index (κ3) is 4.35. The van der Waals surface area contributed by atoms with Gasteiger partial charge in [0.25, 0.3) is 11.8 Å². The number of methoxy groups -OCH3 is 1. The smallest absolute Gasteiger partial charge is 0.335 e. The zero-order chi connectivity index (χ0) is 22.0. The van der Waals surface area contributed by atoms with Crippen LogP contribution in [0.1, 0.15) is 5.76 Å². The summed E-state index contributed by atoms with van der Waals surface area (Å²) in [4.78, 5) is 39.4. The van der Waals surface area contributed by atoms with E-state index in [1.54, 1.807) is 12.1 Å². The van der Waals surface area contributed by atoms with Crippen molar-refractivity contribution in [2.75, 3.05) is 12.0 Å². The highest BCUT2D eigenvalue weighted by molar-refractivity contribution is 7.99. The minimum Gasteiger partial charge on any atom is -0.495 e. The van der Waals surface area contributed by atoms with E-state index in [2.05, 4.69) is 5.32 Å². The number of carbonyl (C=O) groups is 3. The molecule has 2 aromatic carbocycles. The topological polar surface area (TPSA) is 88.8 Å². The normalized spacial score (nSPS) is 15.4. The van der Waals surface area contributed by atoms with Crippen molar-refractivity contribution in [3.05, 3.63) is 77.0 Å². The molecule has 7 nitrogen and oxygen atoms in total. The predicted octanol–water partition coefficient (Wildman–Crippen LogP) is 4.76. The van der Waals surface area contributed by atoms with Gasteiger partial charge in [-0.2, -0.15) is 0 Å². The van der Waals surface area contributed by atoms with Crippen molar-refractivity contribution < 1.29 is 23.5 Å². The van der Waals surface area contributed by atoms with Gasteiger partial charge in [0.05, 0.1) is 17.8 Å². The third-order valence-electron chi connectivity index (χ3n) is 4.35. The van der Waals surface area contributed by atoms with Gasteiger partial charge in [-0.1, -0.05) is 41.6 Å². The van der Waals surface area contributed by atoms with Crippen molar-refractivity contribution in [3.8, 4) is 5.75 Å². The first-order valence-corrected chi connectivity index (χ1v) is 10.2. The van der Waals surface area contributed by atoms with Crippen LogP contribution in [0.4, 0.5) is 10.5 Å². The van der Waals surface area contributed by atoms with Gasteiger partial charge >= 0.3 is 6.03 Å². The van der Waals surface area contributed by atoms with Gasteiger partial charge in [-0.15, -0.1) is 0 Å². The molecule has 1 aliphatic heterocycles. The number of hydrogen-bond donors (Lipinski definition) is 1. The molecule has 4 amide bonds. The maximum atomic E-state index is 13.0. The van der Waals surface area contributed by atoms with E-state index in [9.17, 15) is 14.4 Å². The van der Waals surface area contributed by atoms with Gasteiger partial charge in [-0.3, -0.25) is 14.9 Å². The molecule has 0 radical (unpaired) electrons. The van der Waals surface area contributed by atoms with Gasteiger partial charge < -0.3 is 9.15 Å². The Morgan fingerprint density at radius 3 is 2.55 bits per heavy atom. The number of urea groups is 1. The van der Waals surface area contributed by atoms with E-state index in [0.717, 1.165) is 9.80 Å². The van der Waals surface area contributed by atoms with Crippen LogP contribution in [0.5, 0.6) is 5.75 Å². The molecule has 1 aromatic heterocycles. The molecule has 2 heterocycles. The highest BCUT2D eigenvalue weighted by atomic mass is 35.5. The number of ether oxygens (including phenoxy) is 1. The second-order valence-corrected chi connectivity index (χ2v) is 7.83. The Morgan fingerprint density at radius 2 is 1.84 bits per heavy atom. The number of hydrogen-bond acceptors (Lipinski definition) is 6. The fourth-order valence-electron chi connectivity index (χ4n) is 2.90. The first-order valence-electron chi connectivity index (χ1n) is 9.04. The van der Waals surface area contributed by atoms with Crippen LogP contribution in [0.3, 0.4) is 0 Å². The molecule has 156 valence electrons. The van der Waals surface area contributed by atoms with E-state index in [0.29, 0.717) is 16.6 Å². The van der Waals surface area contributed by atoms with Gasteiger partial charge in [0.1, 0.15) is 17.1 Å². The standard InChI is InChI=1S/C22H15ClN2O5S/c1-29-18-9-7-13(11-17(18)23)25-21(27)16(20(26)24-22(25)28)12-14-8-10-19(30-14)31-15-5-3-2-4-6-15/h2-12H,1H3,(H,24,26,28)/b16-12-. The van der Waals surface area contributed by atoms with Crippen LogP contribution in [-0.2, 0) is 9.59 Å². The van der Waals surface area contributed by atoms with E-state index in [1.807, 2.05) is 30.3 Å². The molecule has 0 unspecified atom stereocenters. The third-order valence-corrected chi connectivity index (χ3v) is 5.57. The number of anilines is 1. The van der Waals surface area contributed by atoms with Crippen molar-refractivity contribution in [3.63, 3.8) is 0 Å². The summed E-state index contributed by atoms with van der Waals surface area (Å²) in [5.41, 5.74) is -0.0383. The highest BCUT2D eigenvalue weighted by Crippen LogP contribution is 2.32. The van der Waals surface area contributed by atoms with Crippen LogP contribution in [0.15, 0.2) is 80.6 Å². The zero-order valence-corrected chi connectivity index (χ0v) is 17.7. The Morgan fingerprint density at radius 1 is 1.06 bits per heavy atom. The highest BCUT2D eigenvalue weighted by Gasteiger charge is 2.37. The number of furan rings is 1. The van der Waals surface area contributed by atoms with E-state index in [1.165, 1.54) is 43.1 Å². The number of nitrogens with zero attached hydrogens (tertiary/aromatic N) is 1. The summed E-state index contributed by atoms with van der Waals surface area (Å²) >= 11 is 7.52. The van der Waals surface area contributed by atoms with E-state index in [-0.39, 0.29) is 16.3 Å². The maximum absolute atomic E-state index is 13.0. The summed E-state index contributed by atoms with van der Waals surface area (Å²) in [6.07, 6.45) is 1.30. The lowest BCUT2D eigenvalue weighted by atomic mass is 10.1. The number of carbonyl (C=O) groups excluding carboxylic acids is 3. The van der Waals surface area contributed by atoms with Crippen LogP contribution in [0, 0.1) is 0 Å². The molecule has 9 heteroatoms. The summed E-state index contributed by atoms with van der Waals surface area (Å²) in [6.45, 7) is 0. The van der Waals surface area contributed by atoms with Crippen molar-refractivity contribution in [1.29, 1.82) is 0 Å². The Balaban J connectivity index is 1.61. The quantitative estimate of drug-likeness (QED) is 0.441. The second-order valence-electron chi connectivity index (χ2n) is 6.35. The number of barbiturate groups is 1. The Bertz CT molecular complexity index is 1210. The average molecular weight is 455 g/mol. The average Bonchev–Trinajstić information content (AvgIpc) is 3.19. The van der Waals surface area contributed by atoms with E-state index in [4.69, 9.17) is 20.8 Å². The molecule has 31 heavy (non-hydrogen) atoms. The summed E-state index contributed by atoms with van der Waals surface area (Å²) in [5, 5.41) is 2.97. The first kappa shape index (κ1) is 20.8. The van der Waals surface area contributed by atoms with Gasteiger partial charge in [0.2, 0.25) is 0 Å². The summed E-state index contributed by atoms with van der Waals surface area (Å²) in [7, 11) is 1.45. The van der Waals surface area contributed by atoms with Crippen LogP contribution >= 0.6 is 23.4 Å². The van der Waals surface area contributed by atoms with E-state index < -0.39 is 17.8 Å². The molecular weight excluding hydrogens is 440 g/mol. The van der Waals surface area contributed by atoms with Crippen molar-refractivity contribution in [2.24, 2.45) is 0 Å². The molecule has 1 saturated heterocycles. The summed E-state index contributed by atoms with van der Waals surface area (Å²) in [5.74, 6) is -0.900. The van der Waals surface area contributed by atoms with Crippen molar-refractivity contribution in [1.82, 2.24) is 5.32 Å². The van der Waals surface area contributed by atoms with Gasteiger partial charge in [-0.25, -0.2) is 9.69 Å². The van der Waals surface area contributed by atoms with Crippen LogP contribution in [-0.4, -0.2) is 25.0 Å². The number of nitrogens with one attached hydrogen (secondary N) is 1. The predicted molar refractivity (Wildman–Crippen MR) is 116 cm³/mol. The molecule has 0 aliphatic carbocycles. The van der Waals surface area contributed by atoms with Gasteiger partial charge in [-0.05, 0) is 48.5 Å². The van der Waals surface area contributed by atoms with Crippen LogP contribution in [0.25, 0.3) is 6.08 Å². The van der Waals surface area contributed by atoms with Crippen molar-refractivity contribution >= 4 is 53.0 Å². The molecular formula is C22H15ClN2O5S. The summed E-state index contributed by atoms with van der Waals surface area (Å²) in [6, 6.07) is 16.6. The molecule has 0 atom stereocenters. The number of halogens is 1. The molecule has 0 saturated carbocycles. The molecule has 1 fully saturated rings. The lowest BCUT2D eigenvalue weighted by Crippen LogP contribution is -2.54. The second kappa shape index (κ2) is 8.71. The van der Waals surface area contributed by atoms with Gasteiger partial charge in [0.15, 0.2) is 5.09 Å². The number of amides is 4. The minimum absolute atomic E-state index is 0.200. The molecule has 4 rings (SSSR count). The molecule has 0 spiro atoms. The Hall–Kier alpha value is -3.49. The minimum atomic E-state index is -0.867. The van der Waals surface area contributed by atoms with E-state index >= 15 is 0 Å². The number of benzene rings is 2. The number of imide groups is 2. The van der Waals surface area contributed by atoms with Crippen LogP contribution < -0.4 is 15.0 Å². The maximum Gasteiger partial charge on any atom is 0.335 e. The molecule has 1 N–H and O–H groups in total. The SMILES string of the molecule is COc1ccc(N2C(=O)NC(=O)/C(=C/c3ccc(Sc4ccccc4)o3)C2=O)cc1Cl. The molecule has 0 bridgehead atoms.